The van der Waals surface area contributed by atoms with Crippen LogP contribution in [0.5, 0.6) is 0 Å². The summed E-state index contributed by atoms with van der Waals surface area (Å²) in [5.41, 5.74) is 3.64. The lowest BCUT2D eigenvalue weighted by Gasteiger charge is -2.08. The average Bonchev–Trinajstić information content (AvgIpc) is 2.72. The molecule has 0 aromatic carbocycles. The first kappa shape index (κ1) is 7.39. The Morgan fingerprint density at radius 3 is 2.73 bits per heavy atom. The Bertz CT molecular complexity index is 176. The molecular formula is C11H18. The lowest BCUT2D eigenvalue weighted by molar-refractivity contribution is 0.469. The van der Waals surface area contributed by atoms with E-state index in [0.717, 1.165) is 5.92 Å². The van der Waals surface area contributed by atoms with Crippen LogP contribution >= 0.6 is 0 Å². The highest BCUT2D eigenvalue weighted by molar-refractivity contribution is 5.34. The summed E-state index contributed by atoms with van der Waals surface area (Å²) in [7, 11) is 0. The van der Waals surface area contributed by atoms with Crippen LogP contribution in [0.25, 0.3) is 0 Å². The van der Waals surface area contributed by atoms with Gasteiger partial charge in [-0.3, -0.25) is 0 Å². The largest absolute Gasteiger partial charge is 0.0666 e. The molecule has 0 aromatic heterocycles. The molecule has 0 spiro atoms. The first-order valence-corrected chi connectivity index (χ1v) is 5.06. The van der Waals surface area contributed by atoms with Gasteiger partial charge in [-0.1, -0.05) is 30.9 Å². The minimum absolute atomic E-state index is 0.988. The first-order chi connectivity index (χ1) is 5.36. The van der Waals surface area contributed by atoms with E-state index in [2.05, 4.69) is 6.92 Å². The van der Waals surface area contributed by atoms with Crippen LogP contribution < -0.4 is 0 Å². The minimum Gasteiger partial charge on any atom is -0.0666 e. The number of hydrogen-bond donors (Lipinski definition) is 0. The van der Waals surface area contributed by atoms with E-state index in [4.69, 9.17) is 0 Å². The fraction of sp³-hybridized carbons (Fsp3) is 0.818. The molecule has 1 unspecified atom stereocenters. The molecule has 11 heavy (non-hydrogen) atoms. The van der Waals surface area contributed by atoms with E-state index < -0.39 is 0 Å². The Morgan fingerprint density at radius 2 is 1.82 bits per heavy atom. The van der Waals surface area contributed by atoms with E-state index in [9.17, 15) is 0 Å². The quantitative estimate of drug-likeness (QED) is 0.462. The molecule has 2 aliphatic carbocycles. The summed E-state index contributed by atoms with van der Waals surface area (Å²) in [4.78, 5) is 0. The molecule has 1 atom stereocenters. The highest BCUT2D eigenvalue weighted by Gasteiger charge is 2.21. The summed E-state index contributed by atoms with van der Waals surface area (Å²) in [6, 6.07) is 0. The molecule has 0 heterocycles. The average molecular weight is 150 g/mol. The van der Waals surface area contributed by atoms with Crippen LogP contribution in [0.2, 0.25) is 0 Å². The van der Waals surface area contributed by atoms with Gasteiger partial charge in [-0.05, 0) is 38.0 Å². The predicted molar refractivity (Wildman–Crippen MR) is 48.5 cm³/mol. The zero-order valence-electron chi connectivity index (χ0n) is 7.53. The summed E-state index contributed by atoms with van der Waals surface area (Å²) in [6.45, 7) is 2.41. The van der Waals surface area contributed by atoms with Gasteiger partial charge in [0, 0.05) is 0 Å². The first-order valence-electron chi connectivity index (χ1n) is 5.06. The predicted octanol–water partition coefficient (Wildman–Crippen LogP) is 3.68. The monoisotopic (exact) mass is 150 g/mol. The van der Waals surface area contributed by atoms with E-state index in [1.54, 1.807) is 0 Å². The zero-order chi connectivity index (χ0) is 7.68. The van der Waals surface area contributed by atoms with Gasteiger partial charge in [0.05, 0.1) is 0 Å². The molecule has 0 nitrogen and oxygen atoms in total. The van der Waals surface area contributed by atoms with Gasteiger partial charge in [0.2, 0.25) is 0 Å². The van der Waals surface area contributed by atoms with Crippen LogP contribution in [-0.2, 0) is 0 Å². The van der Waals surface area contributed by atoms with Crippen molar-refractivity contribution in [2.24, 2.45) is 5.92 Å². The SMILES string of the molecule is CC1CCCCC2=C(CC1)C2. The smallest absolute Gasteiger partial charge is 0.0103 e. The van der Waals surface area contributed by atoms with E-state index in [1.165, 1.54) is 44.9 Å². The van der Waals surface area contributed by atoms with Crippen molar-refractivity contribution in [3.8, 4) is 0 Å². The van der Waals surface area contributed by atoms with E-state index in [1.807, 2.05) is 11.1 Å². The van der Waals surface area contributed by atoms with Crippen LogP contribution in [-0.4, -0.2) is 0 Å². The molecule has 2 aliphatic rings. The third-order valence-electron chi connectivity index (χ3n) is 3.17. The summed E-state index contributed by atoms with van der Waals surface area (Å²) in [5.74, 6) is 0.988. The van der Waals surface area contributed by atoms with Gasteiger partial charge < -0.3 is 0 Å². The normalized spacial score (nSPS) is 31.9. The molecule has 0 radical (unpaired) electrons. The van der Waals surface area contributed by atoms with Crippen LogP contribution in [0.1, 0.15) is 51.9 Å². The van der Waals surface area contributed by atoms with Gasteiger partial charge in [0.1, 0.15) is 0 Å². The molecule has 0 aliphatic heterocycles. The zero-order valence-corrected chi connectivity index (χ0v) is 7.53. The fourth-order valence-electron chi connectivity index (χ4n) is 2.14. The van der Waals surface area contributed by atoms with Crippen molar-refractivity contribution in [2.45, 2.75) is 51.9 Å². The molecule has 0 saturated heterocycles. The maximum atomic E-state index is 2.41. The van der Waals surface area contributed by atoms with Crippen LogP contribution in [0, 0.1) is 5.92 Å². The van der Waals surface area contributed by atoms with Crippen molar-refractivity contribution in [3.63, 3.8) is 0 Å². The van der Waals surface area contributed by atoms with Crippen LogP contribution in [0.3, 0.4) is 0 Å². The second-order valence-corrected chi connectivity index (χ2v) is 4.27. The molecule has 0 amide bonds. The Balaban J connectivity index is 1.90. The van der Waals surface area contributed by atoms with Crippen molar-refractivity contribution in [2.75, 3.05) is 0 Å². The standard InChI is InChI=1S/C11H18/c1-9-4-2-3-5-10-8-11(10)7-6-9/h9H,2-8H2,1H3. The van der Waals surface area contributed by atoms with E-state index >= 15 is 0 Å². The van der Waals surface area contributed by atoms with Gasteiger partial charge in [-0.15, -0.1) is 0 Å². The van der Waals surface area contributed by atoms with Crippen molar-refractivity contribution in [1.82, 2.24) is 0 Å². The minimum atomic E-state index is 0.988. The maximum Gasteiger partial charge on any atom is -0.0103 e. The topological polar surface area (TPSA) is 0 Å². The fourth-order valence-corrected chi connectivity index (χ4v) is 2.14. The van der Waals surface area contributed by atoms with Gasteiger partial charge in [0.25, 0.3) is 0 Å². The number of allylic oxidation sites excluding steroid dienone is 2. The molecule has 0 bridgehead atoms. The lowest BCUT2D eigenvalue weighted by atomic mass is 9.98. The number of rotatable bonds is 0. The van der Waals surface area contributed by atoms with Gasteiger partial charge in [0.15, 0.2) is 0 Å². The molecule has 0 fully saturated rings. The lowest BCUT2D eigenvalue weighted by Crippen LogP contribution is -1.93. The molecular weight excluding hydrogens is 132 g/mol. The van der Waals surface area contributed by atoms with E-state index in [-0.39, 0.29) is 0 Å². The second-order valence-electron chi connectivity index (χ2n) is 4.27. The van der Waals surface area contributed by atoms with E-state index in [0.29, 0.717) is 0 Å². The Kier molecular flexibility index (Phi) is 2.02. The van der Waals surface area contributed by atoms with Crippen LogP contribution in [0.15, 0.2) is 11.1 Å². The molecule has 0 heteroatoms. The third-order valence-corrected chi connectivity index (χ3v) is 3.17. The summed E-state index contributed by atoms with van der Waals surface area (Å²) in [6.07, 6.45) is 10.1. The molecule has 62 valence electrons. The van der Waals surface area contributed by atoms with Gasteiger partial charge in [-0.2, -0.15) is 0 Å². The van der Waals surface area contributed by atoms with Gasteiger partial charge >= 0.3 is 0 Å². The Morgan fingerprint density at radius 1 is 1.00 bits per heavy atom. The Hall–Kier alpha value is -0.260. The Labute approximate surface area is 69.7 Å². The maximum absolute atomic E-state index is 2.41. The summed E-state index contributed by atoms with van der Waals surface area (Å²) < 4.78 is 0. The summed E-state index contributed by atoms with van der Waals surface area (Å²) in [5, 5.41) is 0. The van der Waals surface area contributed by atoms with Crippen molar-refractivity contribution in [3.05, 3.63) is 11.1 Å². The highest BCUT2D eigenvalue weighted by Crippen LogP contribution is 2.40. The van der Waals surface area contributed by atoms with Gasteiger partial charge in [-0.25, -0.2) is 0 Å². The molecule has 0 N–H and O–H groups in total. The van der Waals surface area contributed by atoms with Crippen molar-refractivity contribution >= 4 is 0 Å². The van der Waals surface area contributed by atoms with Crippen molar-refractivity contribution < 1.29 is 0 Å². The third kappa shape index (κ3) is 1.85. The highest BCUT2D eigenvalue weighted by atomic mass is 14.3. The molecule has 0 aromatic rings. The van der Waals surface area contributed by atoms with Crippen molar-refractivity contribution in [1.29, 1.82) is 0 Å². The molecule has 2 rings (SSSR count). The number of hydrogen-bond acceptors (Lipinski definition) is 0. The molecule has 0 saturated carbocycles. The summed E-state index contributed by atoms with van der Waals surface area (Å²) >= 11 is 0. The second kappa shape index (κ2) is 3.00. The van der Waals surface area contributed by atoms with Crippen LogP contribution in [0.4, 0.5) is 0 Å².